The number of rotatable bonds is 4. The first-order chi connectivity index (χ1) is 24.1. The van der Waals surface area contributed by atoms with Crippen molar-refractivity contribution in [1.29, 1.82) is 0 Å². The summed E-state index contributed by atoms with van der Waals surface area (Å²) in [6.07, 6.45) is 0. The van der Waals surface area contributed by atoms with Gasteiger partial charge in [-0.05, 0) is 161 Å². The molecule has 2 heteroatoms. The zero-order chi connectivity index (χ0) is 34.4. The van der Waals surface area contributed by atoms with Crippen LogP contribution in [0.3, 0.4) is 0 Å². The van der Waals surface area contributed by atoms with E-state index in [1.807, 2.05) is 0 Å². The molecule has 8 aromatic carbocycles. The third-order valence-corrected chi connectivity index (χ3v) is 10.7. The number of hydrogen-bond acceptors (Lipinski definition) is 2. The fraction of sp³-hybridized carbons (Fsp3) is 0.146. The summed E-state index contributed by atoms with van der Waals surface area (Å²) in [6, 6.07) is 40.8. The second kappa shape index (κ2) is 11.1. The number of hydrogen-bond donors (Lipinski definition) is 0. The molecule has 0 saturated heterocycles. The molecule has 2 nitrogen and oxygen atoms in total. The van der Waals surface area contributed by atoms with Crippen LogP contribution in [0.2, 0.25) is 0 Å². The van der Waals surface area contributed by atoms with Crippen molar-refractivity contribution in [1.82, 2.24) is 4.98 Å². The molecule has 0 aliphatic carbocycles. The van der Waals surface area contributed by atoms with Crippen LogP contribution in [0.1, 0.15) is 38.9 Å². The van der Waals surface area contributed by atoms with Gasteiger partial charge >= 0.3 is 0 Å². The summed E-state index contributed by atoms with van der Waals surface area (Å²) in [7, 11) is 0. The summed E-state index contributed by atoms with van der Waals surface area (Å²) < 4.78 is 6.59. The Morgan fingerprint density at radius 3 is 1.18 bits per heavy atom. The van der Waals surface area contributed by atoms with Gasteiger partial charge in [0.25, 0.3) is 0 Å². The van der Waals surface area contributed by atoms with Gasteiger partial charge in [0, 0.05) is 5.56 Å². The Morgan fingerprint density at radius 2 is 0.740 bits per heavy atom. The van der Waals surface area contributed by atoms with Gasteiger partial charge in [0.05, 0.1) is 0 Å². The van der Waals surface area contributed by atoms with E-state index in [-0.39, 0.29) is 0 Å². The van der Waals surface area contributed by atoms with Gasteiger partial charge in [-0.2, -0.15) is 0 Å². The Bertz CT molecular complexity index is 2760. The Labute approximate surface area is 293 Å². The van der Waals surface area contributed by atoms with E-state index in [1.165, 1.54) is 93.7 Å². The predicted molar refractivity (Wildman–Crippen MR) is 213 cm³/mol. The lowest BCUT2D eigenvalue weighted by atomic mass is 9.81. The highest BCUT2D eigenvalue weighted by Gasteiger charge is 2.23. The molecular weight excluding hydrogens is 607 g/mol. The lowest BCUT2D eigenvalue weighted by Gasteiger charge is -2.22. The van der Waals surface area contributed by atoms with Crippen LogP contribution in [0.4, 0.5) is 0 Å². The lowest BCUT2D eigenvalue weighted by molar-refractivity contribution is 0.620. The number of aromatic nitrogens is 1. The minimum absolute atomic E-state index is 0.652. The van der Waals surface area contributed by atoms with E-state index in [4.69, 9.17) is 9.40 Å². The first-order valence-corrected chi connectivity index (χ1v) is 17.5. The van der Waals surface area contributed by atoms with Crippen LogP contribution < -0.4 is 0 Å². The highest BCUT2D eigenvalue weighted by atomic mass is 16.3. The van der Waals surface area contributed by atoms with Gasteiger partial charge in [0.15, 0.2) is 5.58 Å². The highest BCUT2D eigenvalue weighted by molar-refractivity contribution is 6.32. The highest BCUT2D eigenvalue weighted by Crippen LogP contribution is 2.49. The van der Waals surface area contributed by atoms with Crippen molar-refractivity contribution < 1.29 is 4.42 Å². The molecule has 0 aliphatic rings. The second-order valence-corrected chi connectivity index (χ2v) is 14.5. The normalized spacial score (nSPS) is 11.9. The minimum Gasteiger partial charge on any atom is -0.436 e. The molecule has 0 unspecified atom stereocenters. The average molecular weight is 646 g/mol. The molecule has 0 saturated carbocycles. The molecule has 0 spiro atoms. The largest absolute Gasteiger partial charge is 0.436 e. The average Bonchev–Trinajstić information content (AvgIpc) is 3.50. The monoisotopic (exact) mass is 645 g/mol. The molecule has 9 aromatic rings. The lowest BCUT2D eigenvalue weighted by Crippen LogP contribution is -1.96. The Hall–Kier alpha value is -5.73. The number of aryl methyl sites for hydroxylation is 7. The third-order valence-electron chi connectivity index (χ3n) is 10.7. The maximum Gasteiger partial charge on any atom is 0.227 e. The topological polar surface area (TPSA) is 26.0 Å². The van der Waals surface area contributed by atoms with E-state index >= 15 is 0 Å². The van der Waals surface area contributed by atoms with Crippen LogP contribution in [0.25, 0.3) is 88.3 Å². The van der Waals surface area contributed by atoms with Crippen molar-refractivity contribution in [2.45, 2.75) is 48.5 Å². The molecule has 0 aliphatic heterocycles. The molecule has 50 heavy (non-hydrogen) atoms. The van der Waals surface area contributed by atoms with Gasteiger partial charge in [-0.3, -0.25) is 0 Å². The number of nitrogens with zero attached hydrogens (tertiary/aromatic N) is 1. The fourth-order valence-corrected chi connectivity index (χ4v) is 8.33. The van der Waals surface area contributed by atoms with Crippen molar-refractivity contribution in [3.05, 3.63) is 148 Å². The van der Waals surface area contributed by atoms with Crippen LogP contribution in [0.15, 0.2) is 114 Å². The number of oxazole rings is 1. The Balaban J connectivity index is 1.48. The zero-order valence-corrected chi connectivity index (χ0v) is 29.7. The van der Waals surface area contributed by atoms with Crippen LogP contribution in [0, 0.1) is 48.5 Å². The summed E-state index contributed by atoms with van der Waals surface area (Å²) in [4.78, 5) is 5.08. The van der Waals surface area contributed by atoms with Crippen molar-refractivity contribution in [2.24, 2.45) is 0 Å². The molecule has 1 heterocycles. The molecule has 0 bridgehead atoms. The number of fused-ring (bicyclic) bond motifs is 1. The van der Waals surface area contributed by atoms with E-state index in [9.17, 15) is 0 Å². The maximum absolute atomic E-state index is 6.59. The van der Waals surface area contributed by atoms with Gasteiger partial charge in [0.2, 0.25) is 5.89 Å². The van der Waals surface area contributed by atoms with Gasteiger partial charge < -0.3 is 4.42 Å². The first-order valence-electron chi connectivity index (χ1n) is 17.5. The van der Waals surface area contributed by atoms with Gasteiger partial charge in [-0.1, -0.05) is 102 Å². The molecule has 0 radical (unpaired) electrons. The molecule has 0 amide bonds. The predicted octanol–water partition coefficient (Wildman–Crippen LogP) is 13.6. The molecular formula is C48H39NO. The minimum atomic E-state index is 0.652. The quantitative estimate of drug-likeness (QED) is 0.178. The molecule has 0 atom stereocenters. The smallest absolute Gasteiger partial charge is 0.227 e. The molecule has 9 rings (SSSR count). The van der Waals surface area contributed by atoms with E-state index in [0.717, 1.165) is 27.6 Å². The Kier molecular flexibility index (Phi) is 6.77. The number of benzene rings is 8. The van der Waals surface area contributed by atoms with Gasteiger partial charge in [0.1, 0.15) is 5.52 Å². The Morgan fingerprint density at radius 1 is 0.360 bits per heavy atom. The summed E-state index contributed by atoms with van der Waals surface area (Å²) in [5.41, 5.74) is 19.0. The van der Waals surface area contributed by atoms with Crippen molar-refractivity contribution in [3.63, 3.8) is 0 Å². The SMILES string of the molecule is Cc1ccc(-c2cc(-c3nc4ccc(C)cc4o3)c3ccc4c(-c5ccc(C)cc5C)cc(-c5ccc(C)cc5C)c5ccc2c3c45)c(C)c1. The first kappa shape index (κ1) is 30.3. The molecule has 242 valence electrons. The summed E-state index contributed by atoms with van der Waals surface area (Å²) in [6.45, 7) is 15.3. The summed E-state index contributed by atoms with van der Waals surface area (Å²) >= 11 is 0. The van der Waals surface area contributed by atoms with Gasteiger partial charge in [-0.25, -0.2) is 4.98 Å². The van der Waals surface area contributed by atoms with Crippen molar-refractivity contribution in [2.75, 3.05) is 0 Å². The third kappa shape index (κ3) is 4.66. The molecule has 1 aromatic heterocycles. The molecule has 0 fully saturated rings. The maximum atomic E-state index is 6.59. The zero-order valence-electron chi connectivity index (χ0n) is 29.7. The van der Waals surface area contributed by atoms with Crippen molar-refractivity contribution >= 4 is 43.4 Å². The van der Waals surface area contributed by atoms with E-state index in [2.05, 4.69) is 158 Å². The van der Waals surface area contributed by atoms with Crippen LogP contribution >= 0.6 is 0 Å². The standard InChI is InChI=1S/C48H39NO/c1-26-8-12-33(30(5)20-26)40-24-41(34-13-9-27(2)21-31(34)6)37-17-18-39-43(48-49-44-19-11-29(4)23-45(44)50-48)25-42(35-14-10-28(3)22-32(35)7)38-16-15-36(40)46(37)47(38)39/h8-25H,1-7H3. The van der Waals surface area contributed by atoms with Crippen LogP contribution in [0.5, 0.6) is 0 Å². The van der Waals surface area contributed by atoms with Crippen LogP contribution in [-0.2, 0) is 0 Å². The van der Waals surface area contributed by atoms with Crippen molar-refractivity contribution in [3.8, 4) is 44.8 Å². The summed E-state index contributed by atoms with van der Waals surface area (Å²) in [5.74, 6) is 0.652. The van der Waals surface area contributed by atoms with Crippen LogP contribution in [-0.4, -0.2) is 4.98 Å². The van der Waals surface area contributed by atoms with Gasteiger partial charge in [-0.15, -0.1) is 0 Å². The van der Waals surface area contributed by atoms with E-state index in [1.54, 1.807) is 0 Å². The fourth-order valence-electron chi connectivity index (χ4n) is 8.33. The second-order valence-electron chi connectivity index (χ2n) is 14.5. The summed E-state index contributed by atoms with van der Waals surface area (Å²) in [5, 5.41) is 7.45. The van der Waals surface area contributed by atoms with E-state index < -0.39 is 0 Å². The van der Waals surface area contributed by atoms with E-state index in [0.29, 0.717) is 5.89 Å². The molecule has 0 N–H and O–H groups in total.